The molecule has 0 aromatic heterocycles. The van der Waals surface area contributed by atoms with Gasteiger partial charge in [0, 0.05) is 25.6 Å². The van der Waals surface area contributed by atoms with Gasteiger partial charge in [-0.15, -0.1) is 0 Å². The van der Waals surface area contributed by atoms with Gasteiger partial charge in [-0.1, -0.05) is 0 Å². The number of nitrogens with zero attached hydrogens (tertiary/aromatic N) is 1. The highest BCUT2D eigenvalue weighted by molar-refractivity contribution is 5.93. The van der Waals surface area contributed by atoms with Gasteiger partial charge in [0.05, 0.1) is 19.1 Å². The first-order valence-corrected chi connectivity index (χ1v) is 6.69. The predicted octanol–water partition coefficient (Wildman–Crippen LogP) is 0.616. The van der Waals surface area contributed by atoms with Gasteiger partial charge in [0.25, 0.3) is 0 Å². The molecule has 3 heterocycles. The number of ether oxygens (including phenoxy) is 2. The minimum Gasteiger partial charge on any atom is -0.443 e. The molecule has 0 aromatic rings. The van der Waals surface area contributed by atoms with E-state index in [1.165, 1.54) is 4.90 Å². The molecule has 1 N–H and O–H groups in total. The highest BCUT2D eigenvalue weighted by atomic mass is 16.6. The summed E-state index contributed by atoms with van der Waals surface area (Å²) in [6.45, 7) is 7.98. The molecule has 3 fully saturated rings. The largest absolute Gasteiger partial charge is 0.443 e. The second kappa shape index (κ2) is 5.46. The van der Waals surface area contributed by atoms with Crippen LogP contribution in [0.15, 0.2) is 0 Å². The summed E-state index contributed by atoms with van der Waals surface area (Å²) in [5.74, 6) is -0.391. The number of amides is 2. The Morgan fingerprint density at radius 1 is 1.37 bits per heavy atom. The van der Waals surface area contributed by atoms with Crippen molar-refractivity contribution in [3.8, 4) is 0 Å². The highest BCUT2D eigenvalue weighted by Gasteiger charge is 2.37. The van der Waals surface area contributed by atoms with E-state index in [2.05, 4.69) is 5.32 Å². The second-order valence-electron chi connectivity index (χ2n) is 6.19. The number of carbonyl (C=O) groups excluding carboxylic acids is 2. The number of nitrogens with one attached hydrogen (secondary N) is 1. The molecular formula is C13H22N2O4. The van der Waals surface area contributed by atoms with Crippen molar-refractivity contribution in [3.05, 3.63) is 0 Å². The van der Waals surface area contributed by atoms with Gasteiger partial charge in [0.2, 0.25) is 5.91 Å². The van der Waals surface area contributed by atoms with Crippen LogP contribution in [0.5, 0.6) is 0 Å². The van der Waals surface area contributed by atoms with Crippen LogP contribution in [-0.2, 0) is 14.3 Å². The SMILES string of the molecule is CC(C)(C)OC(=O)N1CC2CNCC(COC2)C1=O. The lowest BCUT2D eigenvalue weighted by atomic mass is 10.0. The lowest BCUT2D eigenvalue weighted by Crippen LogP contribution is -2.55. The highest BCUT2D eigenvalue weighted by Crippen LogP contribution is 2.18. The van der Waals surface area contributed by atoms with Crippen LogP contribution in [0.3, 0.4) is 0 Å². The Hall–Kier alpha value is -1.14. The molecule has 3 rings (SSSR count). The molecule has 0 saturated carbocycles. The Balaban J connectivity index is 2.14. The van der Waals surface area contributed by atoms with Crippen molar-refractivity contribution in [2.24, 2.45) is 11.8 Å². The van der Waals surface area contributed by atoms with Gasteiger partial charge in [-0.3, -0.25) is 4.79 Å². The van der Waals surface area contributed by atoms with E-state index in [1.807, 2.05) is 0 Å². The first-order valence-electron chi connectivity index (χ1n) is 6.69. The van der Waals surface area contributed by atoms with Gasteiger partial charge < -0.3 is 14.8 Å². The van der Waals surface area contributed by atoms with Crippen LogP contribution >= 0.6 is 0 Å². The summed E-state index contributed by atoms with van der Waals surface area (Å²) in [5.41, 5.74) is -0.594. The van der Waals surface area contributed by atoms with Gasteiger partial charge in [0.1, 0.15) is 5.60 Å². The molecule has 0 aliphatic carbocycles. The summed E-state index contributed by atoms with van der Waals surface area (Å²) in [7, 11) is 0. The molecule has 3 aliphatic rings. The molecule has 6 heteroatoms. The van der Waals surface area contributed by atoms with Crippen LogP contribution in [0, 0.1) is 11.8 Å². The number of rotatable bonds is 0. The van der Waals surface area contributed by atoms with E-state index in [-0.39, 0.29) is 17.7 Å². The maximum absolute atomic E-state index is 12.3. The summed E-state index contributed by atoms with van der Waals surface area (Å²) in [6.07, 6.45) is -0.545. The fourth-order valence-electron chi connectivity index (χ4n) is 2.28. The summed E-state index contributed by atoms with van der Waals surface area (Å²) in [5, 5.41) is 3.25. The molecule has 0 spiro atoms. The summed E-state index contributed by atoms with van der Waals surface area (Å²) in [4.78, 5) is 25.7. The monoisotopic (exact) mass is 270 g/mol. The number of imide groups is 1. The maximum atomic E-state index is 12.3. The van der Waals surface area contributed by atoms with Gasteiger partial charge in [-0.25, -0.2) is 9.69 Å². The molecule has 2 unspecified atom stereocenters. The van der Waals surface area contributed by atoms with Crippen LogP contribution in [-0.4, -0.2) is 55.3 Å². The van der Waals surface area contributed by atoms with Crippen molar-refractivity contribution in [3.63, 3.8) is 0 Å². The van der Waals surface area contributed by atoms with E-state index in [0.29, 0.717) is 26.3 Å². The zero-order chi connectivity index (χ0) is 14.0. The summed E-state index contributed by atoms with van der Waals surface area (Å²) in [6, 6.07) is 0. The first-order chi connectivity index (χ1) is 8.87. The third-order valence-electron chi connectivity index (χ3n) is 3.17. The maximum Gasteiger partial charge on any atom is 0.417 e. The van der Waals surface area contributed by atoms with Crippen molar-refractivity contribution in [1.29, 1.82) is 0 Å². The van der Waals surface area contributed by atoms with E-state index < -0.39 is 11.7 Å². The van der Waals surface area contributed by atoms with Crippen molar-refractivity contribution in [1.82, 2.24) is 10.2 Å². The van der Waals surface area contributed by atoms with Crippen LogP contribution in [0.4, 0.5) is 4.79 Å². The van der Waals surface area contributed by atoms with Gasteiger partial charge in [-0.2, -0.15) is 0 Å². The average Bonchev–Trinajstić information content (AvgIpc) is 2.20. The fraction of sp³-hybridized carbons (Fsp3) is 0.846. The summed E-state index contributed by atoms with van der Waals surface area (Å²) >= 11 is 0. The van der Waals surface area contributed by atoms with Gasteiger partial charge in [0.15, 0.2) is 0 Å². The molecule has 3 aliphatic heterocycles. The predicted molar refractivity (Wildman–Crippen MR) is 68.6 cm³/mol. The third-order valence-corrected chi connectivity index (χ3v) is 3.17. The number of hydrogen-bond donors (Lipinski definition) is 1. The Morgan fingerprint density at radius 3 is 2.79 bits per heavy atom. The third kappa shape index (κ3) is 3.67. The van der Waals surface area contributed by atoms with E-state index in [4.69, 9.17) is 9.47 Å². The molecule has 19 heavy (non-hydrogen) atoms. The zero-order valence-electron chi connectivity index (χ0n) is 11.8. The zero-order valence-corrected chi connectivity index (χ0v) is 11.8. The Morgan fingerprint density at radius 2 is 2.11 bits per heavy atom. The number of fused-ring (bicyclic) bond motifs is 6. The smallest absolute Gasteiger partial charge is 0.417 e. The van der Waals surface area contributed by atoms with Crippen LogP contribution in [0.25, 0.3) is 0 Å². The number of hydrogen-bond acceptors (Lipinski definition) is 5. The topological polar surface area (TPSA) is 67.9 Å². The Labute approximate surface area is 113 Å². The molecule has 108 valence electrons. The molecule has 2 atom stereocenters. The minimum absolute atomic E-state index is 0.123. The molecule has 0 aromatic carbocycles. The molecule has 3 saturated heterocycles. The fourth-order valence-corrected chi connectivity index (χ4v) is 2.28. The standard InChI is InChI=1S/C13H22N2O4/c1-13(2,3)19-12(17)15-6-9-4-14-5-10(11(15)16)8-18-7-9/h9-10,14H,4-8H2,1-3H3. The molecule has 2 bridgehead atoms. The second-order valence-corrected chi connectivity index (χ2v) is 6.19. The van der Waals surface area contributed by atoms with E-state index in [9.17, 15) is 9.59 Å². The first kappa shape index (κ1) is 14.3. The molecule has 2 amide bonds. The lowest BCUT2D eigenvalue weighted by Gasteiger charge is -2.36. The van der Waals surface area contributed by atoms with E-state index >= 15 is 0 Å². The quantitative estimate of drug-likeness (QED) is 0.699. The minimum atomic E-state index is -0.594. The molecular weight excluding hydrogens is 248 g/mol. The van der Waals surface area contributed by atoms with Crippen LogP contribution < -0.4 is 5.32 Å². The van der Waals surface area contributed by atoms with Gasteiger partial charge >= 0.3 is 6.09 Å². The van der Waals surface area contributed by atoms with E-state index in [1.54, 1.807) is 20.8 Å². The van der Waals surface area contributed by atoms with Crippen molar-refractivity contribution in [2.75, 3.05) is 32.8 Å². The Bertz CT molecular complexity index is 354. The normalized spacial score (nSPS) is 28.6. The summed E-state index contributed by atoms with van der Waals surface area (Å²) < 4.78 is 10.8. The van der Waals surface area contributed by atoms with Crippen molar-refractivity contribution < 1.29 is 19.1 Å². The van der Waals surface area contributed by atoms with Gasteiger partial charge in [-0.05, 0) is 20.8 Å². The molecule has 6 nitrogen and oxygen atoms in total. The van der Waals surface area contributed by atoms with E-state index in [0.717, 1.165) is 6.54 Å². The van der Waals surface area contributed by atoms with Crippen molar-refractivity contribution >= 4 is 12.0 Å². The van der Waals surface area contributed by atoms with Crippen molar-refractivity contribution in [2.45, 2.75) is 26.4 Å². The van der Waals surface area contributed by atoms with Crippen LogP contribution in [0.2, 0.25) is 0 Å². The molecule has 0 radical (unpaired) electrons. The lowest BCUT2D eigenvalue weighted by molar-refractivity contribution is -0.141. The van der Waals surface area contributed by atoms with Crippen LogP contribution in [0.1, 0.15) is 20.8 Å². The number of carbonyl (C=O) groups is 2. The average molecular weight is 270 g/mol. The Kier molecular flexibility index (Phi) is 4.10.